The molecule has 37 heavy (non-hydrogen) atoms. The Kier molecular flexibility index (Phi) is 11.1. The molecule has 0 spiro atoms. The van der Waals surface area contributed by atoms with E-state index in [-0.39, 0.29) is 41.1 Å². The number of ether oxygens (including phenoxy) is 2. The quantitative estimate of drug-likeness (QED) is 0.238. The zero-order chi connectivity index (χ0) is 28.9. The Morgan fingerprint density at radius 1 is 0.811 bits per heavy atom. The second-order valence-electron chi connectivity index (χ2n) is 12.0. The van der Waals surface area contributed by atoms with Crippen molar-refractivity contribution < 1.29 is 42.5 Å². The summed E-state index contributed by atoms with van der Waals surface area (Å²) in [5.74, 6) is -2.39. The lowest BCUT2D eigenvalue weighted by molar-refractivity contribution is -0.138. The van der Waals surface area contributed by atoms with Crippen molar-refractivity contribution in [1.82, 2.24) is 0 Å². The smallest absolute Gasteiger partial charge is 0.397 e. The molecule has 1 aromatic carbocycles. The lowest BCUT2D eigenvalue weighted by atomic mass is 9.78. The minimum Gasteiger partial charge on any atom is -0.481 e. The first-order valence-electron chi connectivity index (χ1n) is 12.3. The molecule has 1 aromatic rings. The van der Waals surface area contributed by atoms with Crippen molar-refractivity contribution >= 4 is 26.5 Å². The van der Waals surface area contributed by atoms with E-state index in [0.717, 1.165) is 0 Å². The maximum absolute atomic E-state index is 13.4. The number of hydrogen-bond acceptors (Lipinski definition) is 8. The van der Waals surface area contributed by atoms with Gasteiger partial charge in [-0.25, -0.2) is 9.59 Å². The van der Waals surface area contributed by atoms with Crippen LogP contribution < -0.4 is 4.52 Å². The first-order chi connectivity index (χ1) is 16.6. The van der Waals surface area contributed by atoms with Crippen LogP contribution in [0.2, 0.25) is 0 Å². The molecule has 1 rings (SSSR count). The van der Waals surface area contributed by atoms with Crippen LogP contribution in [-0.2, 0) is 28.7 Å². The summed E-state index contributed by atoms with van der Waals surface area (Å²) in [6.07, 6.45) is -0.821. The van der Waals surface area contributed by atoms with Gasteiger partial charge in [-0.05, 0) is 81.4 Å². The molecule has 210 valence electrons. The van der Waals surface area contributed by atoms with E-state index in [1.54, 1.807) is 55.4 Å². The molecule has 0 amide bonds. The predicted molar refractivity (Wildman–Crippen MR) is 142 cm³/mol. The number of hydrogen-bond donors (Lipinski definition) is 1. The highest BCUT2D eigenvalue weighted by Gasteiger charge is 2.37. The van der Waals surface area contributed by atoms with E-state index in [2.05, 4.69) is 0 Å². The van der Waals surface area contributed by atoms with Gasteiger partial charge in [-0.1, -0.05) is 13.8 Å². The van der Waals surface area contributed by atoms with Crippen molar-refractivity contribution in [1.29, 1.82) is 0 Å². The van der Waals surface area contributed by atoms with Gasteiger partial charge >= 0.3 is 26.5 Å². The molecule has 0 heterocycles. The Hall–Kier alpha value is -2.22. The zero-order valence-corrected chi connectivity index (χ0v) is 25.1. The lowest BCUT2D eigenvalue weighted by Crippen LogP contribution is -2.30. The molecule has 0 saturated heterocycles. The van der Waals surface area contributed by atoms with Gasteiger partial charge in [0.05, 0.1) is 29.8 Å². The summed E-state index contributed by atoms with van der Waals surface area (Å²) in [6, 6.07) is 2.80. The van der Waals surface area contributed by atoms with Crippen molar-refractivity contribution in [3.05, 3.63) is 28.8 Å². The number of carbonyl (C=O) groups is 3. The molecule has 0 bridgehead atoms. The fourth-order valence-electron chi connectivity index (χ4n) is 3.29. The van der Waals surface area contributed by atoms with E-state index in [9.17, 15) is 19.5 Å². The Balaban J connectivity index is 3.95. The highest BCUT2D eigenvalue weighted by atomic mass is 31.2. The Bertz CT molecular complexity index is 959. The monoisotopic (exact) mass is 542 g/mol. The normalized spacial score (nSPS) is 12.7. The van der Waals surface area contributed by atoms with E-state index >= 15 is 0 Å². The van der Waals surface area contributed by atoms with Gasteiger partial charge in [0.15, 0.2) is 0 Å². The third-order valence-corrected chi connectivity index (χ3v) is 5.93. The third kappa shape index (κ3) is 11.4. The fourth-order valence-corrected chi connectivity index (χ4v) is 4.42. The second kappa shape index (κ2) is 12.5. The van der Waals surface area contributed by atoms with Crippen LogP contribution >= 0.6 is 8.60 Å². The summed E-state index contributed by atoms with van der Waals surface area (Å²) >= 11 is 0. The predicted octanol–water partition coefficient (Wildman–Crippen LogP) is 6.81. The summed E-state index contributed by atoms with van der Waals surface area (Å²) in [5.41, 5.74) is -2.42. The molecule has 0 atom stereocenters. The van der Waals surface area contributed by atoms with E-state index in [0.29, 0.717) is 0 Å². The largest absolute Gasteiger partial charge is 0.481 e. The number of carboxylic acids is 1. The van der Waals surface area contributed by atoms with Crippen LogP contribution in [0.15, 0.2) is 12.1 Å². The first-order valence-corrected chi connectivity index (χ1v) is 13.4. The molecule has 0 radical (unpaired) electrons. The van der Waals surface area contributed by atoms with E-state index in [1.807, 2.05) is 27.7 Å². The molecular weight excluding hydrogens is 499 g/mol. The fraction of sp³-hybridized carbons (Fsp3) is 0.667. The molecule has 0 fully saturated rings. The van der Waals surface area contributed by atoms with Crippen molar-refractivity contribution in [2.45, 2.75) is 118 Å². The molecule has 0 unspecified atom stereocenters. The van der Waals surface area contributed by atoms with Crippen LogP contribution in [0.5, 0.6) is 5.75 Å². The Morgan fingerprint density at radius 2 is 1.27 bits per heavy atom. The van der Waals surface area contributed by atoms with Crippen molar-refractivity contribution in [3.63, 3.8) is 0 Å². The summed E-state index contributed by atoms with van der Waals surface area (Å²) in [7, 11) is -1.97. The van der Waals surface area contributed by atoms with Gasteiger partial charge < -0.3 is 19.1 Å². The number of carbonyl (C=O) groups excluding carboxylic acids is 2. The molecule has 0 aromatic heterocycles. The lowest BCUT2D eigenvalue weighted by Gasteiger charge is -2.31. The molecule has 10 heteroatoms. The van der Waals surface area contributed by atoms with Crippen LogP contribution in [0, 0.1) is 0 Å². The number of esters is 2. The highest BCUT2D eigenvalue weighted by molar-refractivity contribution is 7.42. The van der Waals surface area contributed by atoms with Gasteiger partial charge in [0.1, 0.15) is 17.0 Å². The van der Waals surface area contributed by atoms with Crippen LogP contribution in [-0.4, -0.2) is 46.4 Å². The van der Waals surface area contributed by atoms with Crippen molar-refractivity contribution in [3.8, 4) is 5.75 Å². The minimum absolute atomic E-state index is 0.00331. The average Bonchev–Trinajstić information content (AvgIpc) is 2.62. The number of rotatable bonds is 11. The molecule has 0 aliphatic rings. The highest BCUT2D eigenvalue weighted by Crippen LogP contribution is 2.48. The zero-order valence-electron chi connectivity index (χ0n) is 24.2. The Labute approximate surface area is 222 Å². The van der Waals surface area contributed by atoms with E-state index in [1.165, 1.54) is 12.1 Å². The van der Waals surface area contributed by atoms with Crippen LogP contribution in [0.25, 0.3) is 0 Å². The van der Waals surface area contributed by atoms with Gasteiger partial charge in [0.2, 0.25) is 0 Å². The van der Waals surface area contributed by atoms with E-state index < -0.39 is 43.1 Å². The number of benzene rings is 1. The SMILES string of the molecule is CC(C)OP(Oc1cc(C(=O)OC(C)(C)C)cc(C(=O)OC(C)(C)C)c1C(C)(C)CC(=O)O)OC(C)C. The van der Waals surface area contributed by atoms with Gasteiger partial charge in [0.25, 0.3) is 0 Å². The minimum atomic E-state index is -1.97. The number of carboxylic acid groups (broad SMARTS) is 1. The summed E-state index contributed by atoms with van der Waals surface area (Å²) in [5, 5.41) is 9.63. The molecule has 0 aliphatic heterocycles. The summed E-state index contributed by atoms with van der Waals surface area (Å²) < 4.78 is 29.1. The summed E-state index contributed by atoms with van der Waals surface area (Å²) in [4.78, 5) is 38.3. The van der Waals surface area contributed by atoms with Gasteiger partial charge in [-0.15, -0.1) is 0 Å². The van der Waals surface area contributed by atoms with Crippen molar-refractivity contribution in [2.24, 2.45) is 0 Å². The van der Waals surface area contributed by atoms with Crippen molar-refractivity contribution in [2.75, 3.05) is 0 Å². The number of aliphatic carboxylic acids is 1. The van der Waals surface area contributed by atoms with Gasteiger partial charge in [0, 0.05) is 11.0 Å². The molecule has 1 N–H and O–H groups in total. The second-order valence-corrected chi connectivity index (χ2v) is 13.0. The summed E-state index contributed by atoms with van der Waals surface area (Å²) in [6.45, 7) is 21.0. The van der Waals surface area contributed by atoms with E-state index in [4.69, 9.17) is 23.0 Å². The van der Waals surface area contributed by atoms with Gasteiger partial charge in [-0.2, -0.15) is 0 Å². The topological polar surface area (TPSA) is 118 Å². The van der Waals surface area contributed by atoms with Gasteiger partial charge in [-0.3, -0.25) is 13.8 Å². The maximum atomic E-state index is 13.4. The molecule has 9 nitrogen and oxygen atoms in total. The molecule has 0 saturated carbocycles. The first kappa shape index (κ1) is 32.8. The van der Waals surface area contributed by atoms with Crippen LogP contribution in [0.3, 0.4) is 0 Å². The molecule has 0 aliphatic carbocycles. The third-order valence-electron chi connectivity index (χ3n) is 4.39. The van der Waals surface area contributed by atoms with Crippen LogP contribution in [0.1, 0.15) is 116 Å². The van der Waals surface area contributed by atoms with Crippen LogP contribution in [0.4, 0.5) is 0 Å². The molecular formula is C27H43O9P. The maximum Gasteiger partial charge on any atom is 0.397 e. The Morgan fingerprint density at radius 3 is 1.68 bits per heavy atom. The standard InChI is InChI=1S/C27H43O9P/c1-16(2)34-37(35-17(3)4)36-20-14-18(23(30)32-25(5,6)7)13-19(24(31)33-26(8,9)10)22(20)27(11,12)15-21(28)29/h13-14,16-17H,15H2,1-12H3,(H,28,29). The average molecular weight is 543 g/mol.